The minimum Gasteiger partial charge on any atom is -0.489 e. The first-order valence-corrected chi connectivity index (χ1v) is 9.58. The molecule has 2 aliphatic rings. The van der Waals surface area contributed by atoms with E-state index < -0.39 is 10.0 Å². The van der Waals surface area contributed by atoms with Crippen LogP contribution in [0.4, 0.5) is 11.4 Å². The molecule has 2 heterocycles. The Morgan fingerprint density at radius 3 is 2.68 bits per heavy atom. The van der Waals surface area contributed by atoms with Crippen LogP contribution in [0.2, 0.25) is 0 Å². The van der Waals surface area contributed by atoms with E-state index in [0.717, 1.165) is 11.3 Å². The predicted octanol–water partition coefficient (Wildman–Crippen LogP) is 2.18. The Morgan fingerprint density at radius 1 is 1.08 bits per heavy atom. The van der Waals surface area contributed by atoms with Crippen LogP contribution in [-0.4, -0.2) is 34.0 Å². The van der Waals surface area contributed by atoms with Crippen molar-refractivity contribution in [3.05, 3.63) is 48.0 Å². The van der Waals surface area contributed by atoms with Crippen LogP contribution in [0.15, 0.2) is 47.4 Å². The second-order valence-electron chi connectivity index (χ2n) is 6.10. The molecule has 0 spiro atoms. The van der Waals surface area contributed by atoms with E-state index in [1.807, 2.05) is 24.3 Å². The number of nitrogens with zero attached hydrogens (tertiary/aromatic N) is 2. The number of fused-ring (bicyclic) bond motifs is 2. The maximum Gasteiger partial charge on any atom is 0.264 e. The molecule has 6 nitrogen and oxygen atoms in total. The monoisotopic (exact) mass is 358 g/mol. The van der Waals surface area contributed by atoms with Crippen molar-refractivity contribution in [2.24, 2.45) is 0 Å². The van der Waals surface area contributed by atoms with Gasteiger partial charge in [0.15, 0.2) is 0 Å². The van der Waals surface area contributed by atoms with Gasteiger partial charge in [-0.05, 0) is 30.2 Å². The molecule has 2 aromatic carbocycles. The van der Waals surface area contributed by atoms with Crippen LogP contribution < -0.4 is 13.9 Å². The maximum atomic E-state index is 13.1. The first kappa shape index (κ1) is 16.0. The fourth-order valence-electron chi connectivity index (χ4n) is 3.37. The van der Waals surface area contributed by atoms with Crippen molar-refractivity contribution in [3.8, 4) is 5.75 Å². The Balaban J connectivity index is 1.74. The molecule has 25 heavy (non-hydrogen) atoms. The molecule has 0 N–H and O–H groups in total. The molecule has 0 atom stereocenters. The van der Waals surface area contributed by atoms with Gasteiger partial charge in [0.05, 0.1) is 22.8 Å². The SMILES string of the molecule is CC(=O)N1CCOc2cc(S(=O)(=O)N3CCc4ccccc43)ccc21. The van der Waals surface area contributed by atoms with Gasteiger partial charge < -0.3 is 9.64 Å². The molecule has 2 aromatic rings. The first-order chi connectivity index (χ1) is 12.0. The summed E-state index contributed by atoms with van der Waals surface area (Å²) in [7, 11) is -3.67. The molecular weight excluding hydrogens is 340 g/mol. The number of para-hydroxylation sites is 1. The number of hydrogen-bond acceptors (Lipinski definition) is 4. The summed E-state index contributed by atoms with van der Waals surface area (Å²) in [5.74, 6) is 0.337. The predicted molar refractivity (Wildman–Crippen MR) is 94.6 cm³/mol. The molecule has 0 saturated heterocycles. The normalized spacial score (nSPS) is 16.2. The van der Waals surface area contributed by atoms with Crippen LogP contribution in [0.25, 0.3) is 0 Å². The highest BCUT2D eigenvalue weighted by atomic mass is 32.2. The summed E-state index contributed by atoms with van der Waals surface area (Å²) in [5, 5.41) is 0. The molecule has 0 fully saturated rings. The Hall–Kier alpha value is -2.54. The fourth-order valence-corrected chi connectivity index (χ4v) is 4.89. The molecule has 0 saturated carbocycles. The summed E-state index contributed by atoms with van der Waals surface area (Å²) in [4.78, 5) is 13.5. The Kier molecular flexibility index (Phi) is 3.68. The van der Waals surface area contributed by atoms with E-state index in [0.29, 0.717) is 37.6 Å². The van der Waals surface area contributed by atoms with E-state index in [2.05, 4.69) is 0 Å². The van der Waals surface area contributed by atoms with Gasteiger partial charge in [-0.2, -0.15) is 0 Å². The van der Waals surface area contributed by atoms with Crippen LogP contribution in [0.1, 0.15) is 12.5 Å². The van der Waals surface area contributed by atoms with Crippen molar-refractivity contribution in [1.82, 2.24) is 0 Å². The van der Waals surface area contributed by atoms with Gasteiger partial charge in [-0.1, -0.05) is 18.2 Å². The highest BCUT2D eigenvalue weighted by Gasteiger charge is 2.32. The molecular formula is C18H18N2O4S. The van der Waals surface area contributed by atoms with E-state index in [9.17, 15) is 13.2 Å². The maximum absolute atomic E-state index is 13.1. The van der Waals surface area contributed by atoms with Crippen molar-refractivity contribution in [2.45, 2.75) is 18.2 Å². The van der Waals surface area contributed by atoms with Crippen LogP contribution in [0.3, 0.4) is 0 Å². The summed E-state index contributed by atoms with van der Waals surface area (Å²) in [6.45, 7) is 2.73. The lowest BCUT2D eigenvalue weighted by Crippen LogP contribution is -2.36. The van der Waals surface area contributed by atoms with E-state index >= 15 is 0 Å². The highest BCUT2D eigenvalue weighted by molar-refractivity contribution is 7.92. The van der Waals surface area contributed by atoms with Crippen molar-refractivity contribution in [3.63, 3.8) is 0 Å². The van der Waals surface area contributed by atoms with E-state index in [4.69, 9.17) is 4.74 Å². The van der Waals surface area contributed by atoms with Crippen LogP contribution in [0.5, 0.6) is 5.75 Å². The van der Waals surface area contributed by atoms with E-state index in [1.165, 1.54) is 17.3 Å². The van der Waals surface area contributed by atoms with Crippen molar-refractivity contribution in [2.75, 3.05) is 28.9 Å². The molecule has 130 valence electrons. The van der Waals surface area contributed by atoms with Crippen molar-refractivity contribution in [1.29, 1.82) is 0 Å². The zero-order chi connectivity index (χ0) is 17.6. The molecule has 0 radical (unpaired) electrons. The average molecular weight is 358 g/mol. The van der Waals surface area contributed by atoms with Crippen LogP contribution in [-0.2, 0) is 21.2 Å². The molecule has 0 aliphatic carbocycles. The molecule has 0 unspecified atom stereocenters. The summed E-state index contributed by atoms with van der Waals surface area (Å²) in [6, 6.07) is 12.2. The highest BCUT2D eigenvalue weighted by Crippen LogP contribution is 2.37. The average Bonchev–Trinajstić information content (AvgIpc) is 3.05. The van der Waals surface area contributed by atoms with Gasteiger partial charge >= 0.3 is 0 Å². The lowest BCUT2D eigenvalue weighted by atomic mass is 10.2. The molecule has 0 bridgehead atoms. The van der Waals surface area contributed by atoms with Crippen molar-refractivity contribution >= 4 is 27.3 Å². The molecule has 1 amide bonds. The third-order valence-electron chi connectivity index (χ3n) is 4.61. The molecule has 0 aromatic heterocycles. The topological polar surface area (TPSA) is 66.9 Å². The zero-order valence-electron chi connectivity index (χ0n) is 13.8. The number of benzene rings is 2. The Morgan fingerprint density at radius 2 is 1.88 bits per heavy atom. The standard InChI is InChI=1S/C18H18N2O4S/c1-13(21)19-10-11-24-18-12-15(6-7-17(18)19)25(22,23)20-9-8-14-4-2-3-5-16(14)20/h2-7,12H,8-11H2,1H3. The summed E-state index contributed by atoms with van der Waals surface area (Å²) >= 11 is 0. The quantitative estimate of drug-likeness (QED) is 0.825. The van der Waals surface area contributed by atoms with Gasteiger partial charge in [-0.15, -0.1) is 0 Å². The molecule has 2 aliphatic heterocycles. The van der Waals surface area contributed by atoms with Gasteiger partial charge in [0.25, 0.3) is 10.0 Å². The van der Waals surface area contributed by atoms with Crippen LogP contribution >= 0.6 is 0 Å². The van der Waals surface area contributed by atoms with E-state index in [-0.39, 0.29) is 10.8 Å². The largest absolute Gasteiger partial charge is 0.489 e. The lowest BCUT2D eigenvalue weighted by Gasteiger charge is -2.29. The zero-order valence-corrected chi connectivity index (χ0v) is 14.6. The van der Waals surface area contributed by atoms with Crippen LogP contribution in [0, 0.1) is 0 Å². The van der Waals surface area contributed by atoms with E-state index in [1.54, 1.807) is 17.0 Å². The third-order valence-corrected chi connectivity index (χ3v) is 6.42. The minimum atomic E-state index is -3.67. The third kappa shape index (κ3) is 2.55. The van der Waals surface area contributed by atoms with Gasteiger partial charge in [0.1, 0.15) is 12.4 Å². The number of hydrogen-bond donors (Lipinski definition) is 0. The number of sulfonamides is 1. The number of carbonyl (C=O) groups excluding carboxylic acids is 1. The second kappa shape index (κ2) is 5.77. The van der Waals surface area contributed by atoms with Gasteiger partial charge in [-0.3, -0.25) is 9.10 Å². The number of ether oxygens (including phenoxy) is 1. The summed E-state index contributed by atoms with van der Waals surface area (Å²) in [6.07, 6.45) is 0.703. The number of amides is 1. The van der Waals surface area contributed by atoms with Gasteiger partial charge in [0.2, 0.25) is 5.91 Å². The smallest absolute Gasteiger partial charge is 0.264 e. The Labute approximate surface area is 146 Å². The molecule has 4 rings (SSSR count). The second-order valence-corrected chi connectivity index (χ2v) is 7.97. The summed E-state index contributed by atoms with van der Waals surface area (Å²) < 4.78 is 33.2. The number of carbonyl (C=O) groups is 1. The fraction of sp³-hybridized carbons (Fsp3) is 0.278. The van der Waals surface area contributed by atoms with Crippen molar-refractivity contribution < 1.29 is 17.9 Å². The minimum absolute atomic E-state index is 0.0892. The first-order valence-electron chi connectivity index (χ1n) is 8.14. The summed E-state index contributed by atoms with van der Waals surface area (Å²) in [5.41, 5.74) is 2.37. The van der Waals surface area contributed by atoms with Gasteiger partial charge in [0, 0.05) is 19.5 Å². The number of anilines is 2. The lowest BCUT2D eigenvalue weighted by molar-refractivity contribution is -0.116. The Bertz CT molecular complexity index is 955. The van der Waals surface area contributed by atoms with Gasteiger partial charge in [-0.25, -0.2) is 8.42 Å². The number of rotatable bonds is 2. The molecule has 7 heteroatoms.